The van der Waals surface area contributed by atoms with Gasteiger partial charge in [0, 0.05) is 13.1 Å². The number of carbonyl (C=O) groups excluding carboxylic acids is 1. The molecule has 0 aliphatic heterocycles. The SMILES string of the molecule is CCOc1ccc(C(=O)Oc2coc(CSc3nncn3C)cc2=O)cc1. The van der Waals surface area contributed by atoms with Crippen LogP contribution in [0.3, 0.4) is 0 Å². The quantitative estimate of drug-likeness (QED) is 0.451. The molecule has 27 heavy (non-hydrogen) atoms. The van der Waals surface area contributed by atoms with E-state index in [-0.39, 0.29) is 5.75 Å². The molecule has 0 unspecified atom stereocenters. The third-order valence-electron chi connectivity index (χ3n) is 3.47. The Kier molecular flexibility index (Phi) is 5.92. The topological polar surface area (TPSA) is 96.4 Å². The van der Waals surface area contributed by atoms with Gasteiger partial charge in [0.05, 0.1) is 17.9 Å². The highest BCUT2D eigenvalue weighted by Gasteiger charge is 2.13. The third-order valence-corrected chi connectivity index (χ3v) is 4.53. The smallest absolute Gasteiger partial charge is 0.343 e. The Morgan fingerprint density at radius 2 is 2.07 bits per heavy atom. The van der Waals surface area contributed by atoms with E-state index in [2.05, 4.69) is 10.2 Å². The average molecular weight is 387 g/mol. The number of rotatable bonds is 7. The Balaban J connectivity index is 1.64. The van der Waals surface area contributed by atoms with Gasteiger partial charge in [-0.05, 0) is 31.2 Å². The van der Waals surface area contributed by atoms with Crippen molar-refractivity contribution in [2.45, 2.75) is 17.8 Å². The van der Waals surface area contributed by atoms with Gasteiger partial charge in [-0.15, -0.1) is 10.2 Å². The molecule has 0 atom stereocenters. The predicted octanol–water partition coefficient (Wildman–Crippen LogP) is 2.68. The van der Waals surface area contributed by atoms with Crippen LogP contribution in [-0.4, -0.2) is 27.3 Å². The molecule has 3 aromatic rings. The van der Waals surface area contributed by atoms with Crippen LogP contribution >= 0.6 is 11.8 Å². The minimum Gasteiger partial charge on any atom is -0.494 e. The summed E-state index contributed by atoms with van der Waals surface area (Å²) in [7, 11) is 1.82. The summed E-state index contributed by atoms with van der Waals surface area (Å²) < 4.78 is 17.6. The molecule has 2 aromatic heterocycles. The molecule has 0 aliphatic carbocycles. The first-order chi connectivity index (χ1) is 13.1. The van der Waals surface area contributed by atoms with Crippen LogP contribution in [0.2, 0.25) is 0 Å². The van der Waals surface area contributed by atoms with Crippen molar-refractivity contribution in [3.8, 4) is 11.5 Å². The summed E-state index contributed by atoms with van der Waals surface area (Å²) in [6.07, 6.45) is 2.73. The lowest BCUT2D eigenvalue weighted by Gasteiger charge is -2.06. The Morgan fingerprint density at radius 1 is 1.30 bits per heavy atom. The molecule has 8 nitrogen and oxygen atoms in total. The summed E-state index contributed by atoms with van der Waals surface area (Å²) in [6, 6.07) is 7.76. The zero-order valence-electron chi connectivity index (χ0n) is 14.7. The minimum absolute atomic E-state index is 0.165. The molecule has 1 aromatic carbocycles. The fourth-order valence-electron chi connectivity index (χ4n) is 2.14. The molecule has 3 rings (SSSR count). The average Bonchev–Trinajstić information content (AvgIpc) is 3.08. The molecule has 0 N–H and O–H groups in total. The van der Waals surface area contributed by atoms with Crippen LogP contribution in [0.25, 0.3) is 0 Å². The van der Waals surface area contributed by atoms with Gasteiger partial charge in [-0.1, -0.05) is 11.8 Å². The van der Waals surface area contributed by atoms with Gasteiger partial charge in [-0.2, -0.15) is 0 Å². The molecular weight excluding hydrogens is 370 g/mol. The van der Waals surface area contributed by atoms with E-state index in [1.165, 1.54) is 17.8 Å². The van der Waals surface area contributed by atoms with Crippen LogP contribution < -0.4 is 14.9 Å². The van der Waals surface area contributed by atoms with Gasteiger partial charge in [0.1, 0.15) is 24.1 Å². The lowest BCUT2D eigenvalue weighted by molar-refractivity contribution is 0.0729. The van der Waals surface area contributed by atoms with Gasteiger partial charge < -0.3 is 18.5 Å². The van der Waals surface area contributed by atoms with Gasteiger partial charge in [-0.3, -0.25) is 4.79 Å². The maximum absolute atomic E-state index is 12.2. The second kappa shape index (κ2) is 8.54. The number of esters is 1. The summed E-state index contributed by atoms with van der Waals surface area (Å²) in [6.45, 7) is 2.41. The van der Waals surface area contributed by atoms with E-state index < -0.39 is 11.4 Å². The lowest BCUT2D eigenvalue weighted by atomic mass is 10.2. The van der Waals surface area contributed by atoms with E-state index in [9.17, 15) is 9.59 Å². The molecule has 0 amide bonds. The molecule has 140 valence electrons. The highest BCUT2D eigenvalue weighted by Crippen LogP contribution is 2.20. The summed E-state index contributed by atoms with van der Waals surface area (Å²) in [5.74, 6) is 0.676. The van der Waals surface area contributed by atoms with E-state index >= 15 is 0 Å². The molecule has 0 bridgehead atoms. The Hall–Kier alpha value is -3.07. The standard InChI is InChI=1S/C18H17N3O5S/c1-3-24-13-6-4-12(5-7-13)17(23)26-16-9-25-14(8-15(16)22)10-27-18-20-19-11-21(18)2/h4-9,11H,3,10H2,1-2H3. The highest BCUT2D eigenvalue weighted by molar-refractivity contribution is 7.98. The van der Waals surface area contributed by atoms with E-state index in [1.807, 2.05) is 14.0 Å². The zero-order chi connectivity index (χ0) is 19.2. The first-order valence-corrected chi connectivity index (χ1v) is 9.09. The second-order valence-electron chi connectivity index (χ2n) is 5.43. The number of hydrogen-bond acceptors (Lipinski definition) is 8. The number of thioether (sulfide) groups is 1. The highest BCUT2D eigenvalue weighted by atomic mass is 32.2. The van der Waals surface area contributed by atoms with Crippen molar-refractivity contribution in [3.05, 3.63) is 64.5 Å². The first-order valence-electron chi connectivity index (χ1n) is 8.10. The van der Waals surface area contributed by atoms with Crippen LogP contribution in [-0.2, 0) is 12.8 Å². The number of carbonyl (C=O) groups is 1. The molecule has 0 aliphatic rings. The van der Waals surface area contributed by atoms with Crippen molar-refractivity contribution in [1.29, 1.82) is 0 Å². The van der Waals surface area contributed by atoms with Crippen molar-refractivity contribution in [1.82, 2.24) is 14.8 Å². The maximum atomic E-state index is 12.2. The molecule has 2 heterocycles. The number of nitrogens with zero attached hydrogens (tertiary/aromatic N) is 3. The molecule has 0 fully saturated rings. The molecular formula is C18H17N3O5S. The van der Waals surface area contributed by atoms with Crippen molar-refractivity contribution >= 4 is 17.7 Å². The van der Waals surface area contributed by atoms with Gasteiger partial charge in [-0.25, -0.2) is 4.79 Å². The van der Waals surface area contributed by atoms with E-state index in [1.54, 1.807) is 35.2 Å². The van der Waals surface area contributed by atoms with Gasteiger partial charge in [0.25, 0.3) is 0 Å². The summed E-state index contributed by atoms with van der Waals surface area (Å²) in [5, 5.41) is 8.41. The van der Waals surface area contributed by atoms with Crippen molar-refractivity contribution in [2.24, 2.45) is 7.05 Å². The molecule has 0 saturated carbocycles. The largest absolute Gasteiger partial charge is 0.494 e. The van der Waals surface area contributed by atoms with Crippen LogP contribution in [0.15, 0.2) is 57.3 Å². The maximum Gasteiger partial charge on any atom is 0.343 e. The molecule has 0 saturated heterocycles. The van der Waals surface area contributed by atoms with Crippen LogP contribution in [0.1, 0.15) is 23.0 Å². The van der Waals surface area contributed by atoms with Crippen LogP contribution in [0.5, 0.6) is 11.5 Å². The van der Waals surface area contributed by atoms with Crippen molar-refractivity contribution in [3.63, 3.8) is 0 Å². The van der Waals surface area contributed by atoms with Crippen molar-refractivity contribution in [2.75, 3.05) is 6.61 Å². The fraction of sp³-hybridized carbons (Fsp3) is 0.222. The van der Waals surface area contributed by atoms with Gasteiger partial charge in [0.2, 0.25) is 11.2 Å². The molecule has 0 spiro atoms. The minimum atomic E-state index is -0.647. The van der Waals surface area contributed by atoms with Gasteiger partial charge in [0.15, 0.2) is 5.16 Å². The third kappa shape index (κ3) is 4.76. The normalized spacial score (nSPS) is 10.6. The summed E-state index contributed by atoms with van der Waals surface area (Å²) >= 11 is 1.37. The Bertz CT molecular complexity index is 981. The second-order valence-corrected chi connectivity index (χ2v) is 6.38. The predicted molar refractivity (Wildman–Crippen MR) is 98.1 cm³/mol. The number of aromatic nitrogens is 3. The fourth-order valence-corrected chi connectivity index (χ4v) is 2.92. The number of hydrogen-bond donors (Lipinski definition) is 0. The Morgan fingerprint density at radius 3 is 2.70 bits per heavy atom. The number of aryl methyl sites for hydroxylation is 1. The van der Waals surface area contributed by atoms with Crippen LogP contribution in [0.4, 0.5) is 0 Å². The van der Waals surface area contributed by atoms with E-state index in [0.29, 0.717) is 34.6 Å². The van der Waals surface area contributed by atoms with Crippen molar-refractivity contribution < 1.29 is 18.7 Å². The number of ether oxygens (including phenoxy) is 2. The van der Waals surface area contributed by atoms with Crippen LogP contribution in [0, 0.1) is 0 Å². The molecule has 0 radical (unpaired) electrons. The summed E-state index contributed by atoms with van der Waals surface area (Å²) in [5.41, 5.74) is -0.131. The monoisotopic (exact) mass is 387 g/mol. The zero-order valence-corrected chi connectivity index (χ0v) is 15.6. The van der Waals surface area contributed by atoms with Gasteiger partial charge >= 0.3 is 5.97 Å². The molecule has 9 heteroatoms. The summed E-state index contributed by atoms with van der Waals surface area (Å²) in [4.78, 5) is 24.3. The lowest BCUT2D eigenvalue weighted by Crippen LogP contribution is -2.14. The Labute approximate surface area is 159 Å². The van der Waals surface area contributed by atoms with E-state index in [0.717, 1.165) is 6.26 Å². The first kappa shape index (κ1) is 18.7. The number of benzene rings is 1. The van der Waals surface area contributed by atoms with E-state index in [4.69, 9.17) is 13.9 Å².